The molecule has 0 bridgehead atoms. The first-order valence-electron chi connectivity index (χ1n) is 3.27. The van der Waals surface area contributed by atoms with Gasteiger partial charge in [-0.1, -0.05) is 0 Å². The fourth-order valence-electron chi connectivity index (χ4n) is 1.05. The fraction of sp³-hybridized carbons (Fsp3) is 0.125. The van der Waals surface area contributed by atoms with Crippen LogP contribution in [-0.2, 0) is 7.05 Å². The Balaban J connectivity index is 2.87. The molecule has 0 saturated carbocycles. The summed E-state index contributed by atoms with van der Waals surface area (Å²) < 4.78 is 14.2. The van der Waals surface area contributed by atoms with Gasteiger partial charge in [-0.05, 0) is 18.2 Å². The molecule has 2 rings (SSSR count). The maximum absolute atomic E-state index is 12.6. The van der Waals surface area contributed by atoms with Gasteiger partial charge in [-0.3, -0.25) is 4.68 Å². The Hall–Kier alpha value is -1.38. The van der Waals surface area contributed by atoms with E-state index in [1.165, 1.54) is 12.1 Å². The van der Waals surface area contributed by atoms with Crippen molar-refractivity contribution >= 4 is 10.9 Å². The molecule has 0 unspecified atom stereocenters. The molecule has 0 aliphatic carbocycles. The Kier molecular flexibility index (Phi) is 1.18. The molecule has 0 atom stereocenters. The predicted octanol–water partition coefficient (Wildman–Crippen LogP) is 1.51. The number of nitrogens with zero attached hydrogens (tertiary/aromatic N) is 2. The number of benzene rings is 1. The molecule has 1 heterocycles. The Morgan fingerprint density at radius 2 is 2.36 bits per heavy atom. The minimum absolute atomic E-state index is 0.241. The average molecular weight is 149 g/mol. The van der Waals surface area contributed by atoms with Gasteiger partial charge in [0.2, 0.25) is 0 Å². The van der Waals surface area contributed by atoms with Crippen LogP contribution in [-0.4, -0.2) is 9.78 Å². The van der Waals surface area contributed by atoms with Gasteiger partial charge in [0, 0.05) is 12.4 Å². The van der Waals surface area contributed by atoms with Crippen molar-refractivity contribution in [2.45, 2.75) is 0 Å². The van der Waals surface area contributed by atoms with E-state index in [-0.39, 0.29) is 5.82 Å². The second-order valence-electron chi connectivity index (χ2n) is 2.40. The molecule has 0 spiro atoms. The van der Waals surface area contributed by atoms with Crippen LogP contribution in [0.25, 0.3) is 10.9 Å². The van der Waals surface area contributed by atoms with Gasteiger partial charge in [0.05, 0.1) is 5.52 Å². The lowest BCUT2D eigenvalue weighted by molar-refractivity contribution is 0.628. The zero-order chi connectivity index (χ0) is 7.84. The first-order chi connectivity index (χ1) is 5.27. The highest BCUT2D eigenvalue weighted by Crippen LogP contribution is 2.12. The van der Waals surface area contributed by atoms with Crippen molar-refractivity contribution in [2.75, 3.05) is 0 Å². The summed E-state index contributed by atoms with van der Waals surface area (Å²) in [6.07, 6.45) is 2.76. The van der Waals surface area contributed by atoms with E-state index < -0.39 is 0 Å². The van der Waals surface area contributed by atoms with Crippen LogP contribution in [0, 0.1) is 12.0 Å². The number of aryl methyl sites for hydroxylation is 1. The Bertz CT molecular complexity index is 392. The molecule has 0 aliphatic heterocycles. The summed E-state index contributed by atoms with van der Waals surface area (Å²) in [5, 5.41) is 4.70. The van der Waals surface area contributed by atoms with Gasteiger partial charge in [-0.2, -0.15) is 5.10 Å². The number of aromatic nitrogens is 2. The third-order valence-corrected chi connectivity index (χ3v) is 1.63. The maximum atomic E-state index is 12.6. The SMILES string of the molecule is Cn1n[c]c2ccc(F)cc21. The molecule has 0 fully saturated rings. The lowest BCUT2D eigenvalue weighted by Gasteiger charge is -1.92. The Morgan fingerprint density at radius 3 is 3.18 bits per heavy atom. The molecule has 11 heavy (non-hydrogen) atoms. The van der Waals surface area contributed by atoms with E-state index in [1.807, 2.05) is 0 Å². The first-order valence-corrected chi connectivity index (χ1v) is 3.27. The summed E-state index contributed by atoms with van der Waals surface area (Å²) in [7, 11) is 1.76. The van der Waals surface area contributed by atoms with Crippen LogP contribution in [0.2, 0.25) is 0 Å². The molecule has 2 aromatic rings. The minimum atomic E-state index is -0.241. The average Bonchev–Trinajstić information content (AvgIpc) is 2.33. The summed E-state index contributed by atoms with van der Waals surface area (Å²) in [5.74, 6) is -0.241. The smallest absolute Gasteiger partial charge is 0.125 e. The zero-order valence-corrected chi connectivity index (χ0v) is 6.00. The third kappa shape index (κ3) is 0.888. The standard InChI is InChI=1S/C8H6FN2/c1-11-8-4-7(9)3-2-6(8)5-10-11/h2-4H,1H3. The van der Waals surface area contributed by atoms with E-state index in [0.717, 1.165) is 10.9 Å². The molecule has 0 amide bonds. The molecule has 55 valence electrons. The van der Waals surface area contributed by atoms with Crippen LogP contribution in [0.5, 0.6) is 0 Å². The number of hydrogen-bond donors (Lipinski definition) is 0. The quantitative estimate of drug-likeness (QED) is 0.555. The molecule has 0 aliphatic rings. The molecule has 1 radical (unpaired) electrons. The Morgan fingerprint density at radius 1 is 1.55 bits per heavy atom. The van der Waals surface area contributed by atoms with Crippen LogP contribution in [0.4, 0.5) is 4.39 Å². The largest absolute Gasteiger partial charge is 0.267 e. The van der Waals surface area contributed by atoms with E-state index in [9.17, 15) is 4.39 Å². The number of fused-ring (bicyclic) bond motifs is 1. The third-order valence-electron chi connectivity index (χ3n) is 1.63. The second kappa shape index (κ2) is 2.05. The van der Waals surface area contributed by atoms with Crippen LogP contribution < -0.4 is 0 Å². The fourth-order valence-corrected chi connectivity index (χ4v) is 1.05. The van der Waals surface area contributed by atoms with Crippen molar-refractivity contribution in [1.29, 1.82) is 0 Å². The van der Waals surface area contributed by atoms with Crippen LogP contribution in [0.3, 0.4) is 0 Å². The van der Waals surface area contributed by atoms with Crippen molar-refractivity contribution in [3.05, 3.63) is 30.2 Å². The number of hydrogen-bond acceptors (Lipinski definition) is 1. The lowest BCUT2D eigenvalue weighted by Crippen LogP contribution is -1.88. The number of halogens is 1. The summed E-state index contributed by atoms with van der Waals surface area (Å²) in [5.41, 5.74) is 0.769. The van der Waals surface area contributed by atoms with Gasteiger partial charge >= 0.3 is 0 Å². The molecule has 1 aromatic heterocycles. The summed E-state index contributed by atoms with van der Waals surface area (Å²) in [4.78, 5) is 0. The molecule has 0 saturated heterocycles. The minimum Gasteiger partial charge on any atom is -0.267 e. The topological polar surface area (TPSA) is 17.8 Å². The van der Waals surface area contributed by atoms with E-state index >= 15 is 0 Å². The van der Waals surface area contributed by atoms with Gasteiger partial charge < -0.3 is 0 Å². The van der Waals surface area contributed by atoms with Gasteiger partial charge in [-0.15, -0.1) is 0 Å². The predicted molar refractivity (Wildman–Crippen MR) is 39.5 cm³/mol. The van der Waals surface area contributed by atoms with Crippen LogP contribution in [0.15, 0.2) is 18.2 Å². The summed E-state index contributed by atoms with van der Waals surface area (Å²) in [6.45, 7) is 0. The molecule has 0 N–H and O–H groups in total. The van der Waals surface area contributed by atoms with Crippen molar-refractivity contribution in [2.24, 2.45) is 7.05 Å². The van der Waals surface area contributed by atoms with Gasteiger partial charge in [0.15, 0.2) is 0 Å². The Labute approximate surface area is 63.3 Å². The highest BCUT2D eigenvalue weighted by atomic mass is 19.1. The van der Waals surface area contributed by atoms with E-state index in [4.69, 9.17) is 0 Å². The highest BCUT2D eigenvalue weighted by Gasteiger charge is 1.99. The molecule has 1 aromatic carbocycles. The van der Waals surface area contributed by atoms with Crippen molar-refractivity contribution < 1.29 is 4.39 Å². The summed E-state index contributed by atoms with van der Waals surface area (Å²) >= 11 is 0. The van der Waals surface area contributed by atoms with E-state index in [0.29, 0.717) is 0 Å². The van der Waals surface area contributed by atoms with Crippen LogP contribution in [0.1, 0.15) is 0 Å². The molecule has 3 heteroatoms. The molecular weight excluding hydrogens is 143 g/mol. The molecular formula is C8H6FN2. The monoisotopic (exact) mass is 149 g/mol. The van der Waals surface area contributed by atoms with Crippen molar-refractivity contribution in [3.8, 4) is 0 Å². The second-order valence-corrected chi connectivity index (χ2v) is 2.40. The van der Waals surface area contributed by atoms with E-state index in [1.54, 1.807) is 17.8 Å². The lowest BCUT2D eigenvalue weighted by atomic mass is 10.2. The van der Waals surface area contributed by atoms with Crippen molar-refractivity contribution in [1.82, 2.24) is 9.78 Å². The molecule has 2 nitrogen and oxygen atoms in total. The first kappa shape index (κ1) is 6.34. The van der Waals surface area contributed by atoms with Crippen molar-refractivity contribution in [3.63, 3.8) is 0 Å². The van der Waals surface area contributed by atoms with Gasteiger partial charge in [-0.25, -0.2) is 4.39 Å². The highest BCUT2D eigenvalue weighted by molar-refractivity contribution is 5.77. The van der Waals surface area contributed by atoms with Gasteiger partial charge in [0.25, 0.3) is 0 Å². The maximum Gasteiger partial charge on any atom is 0.125 e. The normalized spacial score (nSPS) is 10.7. The zero-order valence-electron chi connectivity index (χ0n) is 6.00. The number of rotatable bonds is 0. The summed E-state index contributed by atoms with van der Waals surface area (Å²) in [6, 6.07) is 4.51. The van der Waals surface area contributed by atoms with Crippen LogP contribution >= 0.6 is 0 Å². The van der Waals surface area contributed by atoms with Gasteiger partial charge in [0.1, 0.15) is 12.0 Å². The van der Waals surface area contributed by atoms with E-state index in [2.05, 4.69) is 11.3 Å².